The van der Waals surface area contributed by atoms with Gasteiger partial charge in [0.15, 0.2) is 5.75 Å². The second kappa shape index (κ2) is 1.31. The molecule has 2 aromatic heterocycles. The van der Waals surface area contributed by atoms with Gasteiger partial charge in [-0.25, -0.2) is 0 Å². The van der Waals surface area contributed by atoms with Gasteiger partial charge in [0.1, 0.15) is 11.6 Å². The van der Waals surface area contributed by atoms with Crippen molar-refractivity contribution in [2.24, 2.45) is 0 Å². The van der Waals surface area contributed by atoms with Crippen molar-refractivity contribution in [3.63, 3.8) is 0 Å². The molecule has 0 spiro atoms. The van der Waals surface area contributed by atoms with Crippen LogP contribution in [0.1, 0.15) is 0 Å². The molecule has 1 N–H and O–H groups in total. The molecule has 0 saturated heterocycles. The predicted molar refractivity (Wildman–Crippen MR) is 30.1 cm³/mol. The van der Waals surface area contributed by atoms with E-state index in [-0.39, 0.29) is 5.75 Å². The lowest BCUT2D eigenvalue weighted by Gasteiger charge is -1.71. The van der Waals surface area contributed by atoms with E-state index in [4.69, 9.17) is 13.9 Å². The van der Waals surface area contributed by atoms with Crippen molar-refractivity contribution >= 4 is 11.2 Å². The summed E-state index contributed by atoms with van der Waals surface area (Å²) < 4.78 is 9.58. The summed E-state index contributed by atoms with van der Waals surface area (Å²) in [5.74, 6) is 0.492. The lowest BCUT2D eigenvalue weighted by Crippen LogP contribution is -1.48. The van der Waals surface area contributed by atoms with Gasteiger partial charge in [-0.1, -0.05) is 0 Å². The van der Waals surface area contributed by atoms with Crippen molar-refractivity contribution in [2.45, 2.75) is 0 Å². The van der Waals surface area contributed by atoms with Gasteiger partial charge in [0.2, 0.25) is 0 Å². The van der Waals surface area contributed by atoms with Crippen LogP contribution in [0.25, 0.3) is 11.2 Å². The van der Waals surface area contributed by atoms with Crippen LogP contribution in [0.2, 0.25) is 0 Å². The predicted octanol–water partition coefficient (Wildman–Crippen LogP) is 1.73. The van der Waals surface area contributed by atoms with Crippen molar-refractivity contribution in [3.05, 3.63) is 18.6 Å². The zero-order valence-corrected chi connectivity index (χ0v) is 4.50. The molecule has 0 radical (unpaired) electrons. The highest BCUT2D eigenvalue weighted by Gasteiger charge is 2.04. The van der Waals surface area contributed by atoms with E-state index in [1.54, 1.807) is 6.07 Å². The molecule has 0 amide bonds. The van der Waals surface area contributed by atoms with Gasteiger partial charge in [0.05, 0.1) is 6.26 Å². The molecule has 2 rings (SSSR count). The largest absolute Gasteiger partial charge is 0.504 e. The maximum atomic E-state index is 8.95. The lowest BCUT2D eigenvalue weighted by atomic mass is 10.4. The Morgan fingerprint density at radius 1 is 1.33 bits per heavy atom. The molecule has 0 fully saturated rings. The van der Waals surface area contributed by atoms with Crippen LogP contribution in [0.5, 0.6) is 5.75 Å². The Kier molecular flexibility index (Phi) is 0.656. The third-order valence-electron chi connectivity index (χ3n) is 1.18. The fraction of sp³-hybridized carbons (Fsp3) is 0. The fourth-order valence-electron chi connectivity index (χ4n) is 0.749. The second-order valence-electron chi connectivity index (χ2n) is 1.74. The number of furan rings is 2. The van der Waals surface area contributed by atoms with E-state index >= 15 is 0 Å². The summed E-state index contributed by atoms with van der Waals surface area (Å²) in [6.07, 6.45) is 2.71. The first kappa shape index (κ1) is 4.49. The Labute approximate surface area is 50.5 Å². The van der Waals surface area contributed by atoms with E-state index < -0.39 is 0 Å². The number of hydrogen-bond acceptors (Lipinski definition) is 3. The number of fused-ring (bicyclic) bond motifs is 1. The van der Waals surface area contributed by atoms with Crippen LogP contribution >= 0.6 is 0 Å². The Hall–Kier alpha value is -1.38. The molecule has 2 aromatic rings. The molecule has 0 unspecified atom stereocenters. The van der Waals surface area contributed by atoms with Gasteiger partial charge in [-0.2, -0.15) is 0 Å². The molecule has 2 heterocycles. The van der Waals surface area contributed by atoms with Gasteiger partial charge in [-0.3, -0.25) is 0 Å². The molecule has 3 heteroatoms. The zero-order valence-electron chi connectivity index (χ0n) is 4.50. The molecule has 9 heavy (non-hydrogen) atoms. The number of hydrogen-bond donors (Lipinski definition) is 1. The molecule has 0 aromatic carbocycles. The first-order valence-electron chi connectivity index (χ1n) is 2.51. The van der Waals surface area contributed by atoms with E-state index in [1.807, 2.05) is 0 Å². The van der Waals surface area contributed by atoms with Crippen molar-refractivity contribution in [3.8, 4) is 5.75 Å². The zero-order chi connectivity index (χ0) is 6.27. The molecule has 0 aliphatic heterocycles. The highest BCUT2D eigenvalue weighted by molar-refractivity contribution is 5.78. The first-order chi connectivity index (χ1) is 4.38. The molecule has 46 valence electrons. The van der Waals surface area contributed by atoms with Crippen LogP contribution in [-0.4, -0.2) is 5.11 Å². The Balaban J connectivity index is 2.99. The van der Waals surface area contributed by atoms with E-state index in [1.165, 1.54) is 12.5 Å². The minimum absolute atomic E-state index is 0.124. The van der Waals surface area contributed by atoms with Crippen molar-refractivity contribution in [1.29, 1.82) is 0 Å². The average Bonchev–Trinajstić information content (AvgIpc) is 2.35. The van der Waals surface area contributed by atoms with Gasteiger partial charge in [-0.15, -0.1) is 0 Å². The Morgan fingerprint density at radius 3 is 3.00 bits per heavy atom. The van der Waals surface area contributed by atoms with E-state index in [2.05, 4.69) is 0 Å². The third-order valence-corrected chi connectivity index (χ3v) is 1.18. The van der Waals surface area contributed by atoms with Crippen LogP contribution in [0, 0.1) is 0 Å². The normalized spacial score (nSPS) is 10.7. The van der Waals surface area contributed by atoms with E-state index in [9.17, 15) is 0 Å². The van der Waals surface area contributed by atoms with Crippen LogP contribution in [0.3, 0.4) is 0 Å². The summed E-state index contributed by atoms with van der Waals surface area (Å²) in [5.41, 5.74) is 0. The van der Waals surface area contributed by atoms with Gasteiger partial charge in [0.25, 0.3) is 0 Å². The number of aromatic hydroxyl groups is 1. The van der Waals surface area contributed by atoms with Crippen LogP contribution in [0.4, 0.5) is 0 Å². The van der Waals surface area contributed by atoms with Crippen molar-refractivity contribution in [2.75, 3.05) is 0 Å². The van der Waals surface area contributed by atoms with Crippen LogP contribution in [0.15, 0.2) is 27.4 Å². The smallest absolute Gasteiger partial charge is 0.300 e. The van der Waals surface area contributed by atoms with Crippen LogP contribution < -0.4 is 0 Å². The standard InChI is InChI=1S/C6H4O3/c7-5-3-9-6-4(5)1-2-8-6/h1-3,7H. The molecule has 0 saturated carbocycles. The Bertz CT molecular complexity index is 317. The molecule has 0 atom stereocenters. The summed E-state index contributed by atoms with van der Waals surface area (Å²) >= 11 is 0. The maximum absolute atomic E-state index is 8.95. The second-order valence-corrected chi connectivity index (χ2v) is 1.74. The lowest BCUT2D eigenvalue weighted by molar-refractivity contribution is 0.444. The van der Waals surface area contributed by atoms with Crippen LogP contribution in [-0.2, 0) is 0 Å². The van der Waals surface area contributed by atoms with E-state index in [0.29, 0.717) is 11.2 Å². The minimum Gasteiger partial charge on any atom is -0.504 e. The van der Waals surface area contributed by atoms with Crippen molar-refractivity contribution in [1.82, 2.24) is 0 Å². The quantitative estimate of drug-likeness (QED) is 0.581. The summed E-state index contributed by atoms with van der Waals surface area (Å²) in [5, 5.41) is 9.57. The molecular formula is C6H4O3. The summed E-state index contributed by atoms with van der Waals surface area (Å²) in [4.78, 5) is 0. The van der Waals surface area contributed by atoms with Gasteiger partial charge in [-0.05, 0) is 6.07 Å². The van der Waals surface area contributed by atoms with Gasteiger partial charge < -0.3 is 13.9 Å². The van der Waals surface area contributed by atoms with Gasteiger partial charge in [0, 0.05) is 0 Å². The molecule has 3 nitrogen and oxygen atoms in total. The highest BCUT2D eigenvalue weighted by atomic mass is 16.5. The maximum Gasteiger partial charge on any atom is 0.300 e. The highest BCUT2D eigenvalue weighted by Crippen LogP contribution is 2.26. The van der Waals surface area contributed by atoms with Crippen molar-refractivity contribution < 1.29 is 13.9 Å². The summed E-state index contributed by atoms with van der Waals surface area (Å²) in [6.45, 7) is 0. The minimum atomic E-state index is 0.124. The fourth-order valence-corrected chi connectivity index (χ4v) is 0.749. The third kappa shape index (κ3) is 0.455. The topological polar surface area (TPSA) is 46.5 Å². The Morgan fingerprint density at radius 2 is 2.22 bits per heavy atom. The molecule has 0 bridgehead atoms. The molecule has 0 aliphatic carbocycles. The molecular weight excluding hydrogens is 120 g/mol. The average molecular weight is 124 g/mol. The van der Waals surface area contributed by atoms with E-state index in [0.717, 1.165) is 0 Å². The first-order valence-corrected chi connectivity index (χ1v) is 2.51. The summed E-state index contributed by atoms with van der Waals surface area (Å²) in [6, 6.07) is 1.65. The SMILES string of the molecule is Oc1coc2occc12. The van der Waals surface area contributed by atoms with Gasteiger partial charge >= 0.3 is 5.78 Å². The summed E-state index contributed by atoms with van der Waals surface area (Å²) in [7, 11) is 0. The molecule has 0 aliphatic rings. The number of rotatable bonds is 0. The monoisotopic (exact) mass is 124 g/mol.